The number of carboxylic acids is 1. The largest absolute Gasteiger partial charge is 0.478 e. The first-order chi connectivity index (χ1) is 12.4. The summed E-state index contributed by atoms with van der Waals surface area (Å²) in [4.78, 5) is 34.4. The van der Waals surface area contributed by atoms with Crippen molar-refractivity contribution >= 4 is 34.4 Å². The van der Waals surface area contributed by atoms with E-state index in [0.29, 0.717) is 29.8 Å². The highest BCUT2D eigenvalue weighted by Crippen LogP contribution is 2.20. The van der Waals surface area contributed by atoms with Crippen LogP contribution in [0.15, 0.2) is 42.5 Å². The van der Waals surface area contributed by atoms with Gasteiger partial charge in [0.25, 0.3) is 0 Å². The smallest absolute Gasteiger partial charge is 0.335 e. The number of carboxylic acid groups (broad SMARTS) is 1. The van der Waals surface area contributed by atoms with Crippen molar-refractivity contribution in [3.63, 3.8) is 0 Å². The second-order valence-corrected chi connectivity index (χ2v) is 7.08. The molecule has 0 fully saturated rings. The summed E-state index contributed by atoms with van der Waals surface area (Å²) in [7, 11) is 0. The van der Waals surface area contributed by atoms with Crippen molar-refractivity contribution in [1.29, 1.82) is 0 Å². The fourth-order valence-corrected chi connectivity index (χ4v) is 3.16. The topological polar surface area (TPSA) is 83.5 Å². The SMILES string of the molecule is CC(=O)SCc1ccccc1CCC(=O)Nc1ccc(C(=O)O)cc1C. The van der Waals surface area contributed by atoms with Gasteiger partial charge in [0.05, 0.1) is 5.56 Å². The maximum absolute atomic E-state index is 12.2. The van der Waals surface area contributed by atoms with Gasteiger partial charge in [-0.05, 0) is 48.2 Å². The molecule has 0 atom stereocenters. The van der Waals surface area contributed by atoms with Crippen LogP contribution in [0, 0.1) is 6.92 Å². The molecule has 0 aliphatic rings. The van der Waals surface area contributed by atoms with E-state index in [1.165, 1.54) is 23.9 Å². The lowest BCUT2D eigenvalue weighted by atomic mass is 10.0. The molecule has 0 heterocycles. The molecule has 0 unspecified atom stereocenters. The van der Waals surface area contributed by atoms with Gasteiger partial charge in [-0.25, -0.2) is 4.79 Å². The van der Waals surface area contributed by atoms with Crippen LogP contribution < -0.4 is 5.32 Å². The Balaban J connectivity index is 1.97. The van der Waals surface area contributed by atoms with Gasteiger partial charge in [-0.15, -0.1) is 0 Å². The summed E-state index contributed by atoms with van der Waals surface area (Å²) in [5, 5.41) is 11.9. The third-order valence-electron chi connectivity index (χ3n) is 3.92. The first-order valence-corrected chi connectivity index (χ1v) is 9.19. The average Bonchev–Trinajstić information content (AvgIpc) is 2.60. The molecule has 0 aliphatic heterocycles. The molecule has 2 rings (SSSR count). The van der Waals surface area contributed by atoms with Crippen LogP contribution in [0.3, 0.4) is 0 Å². The zero-order valence-electron chi connectivity index (χ0n) is 14.7. The zero-order valence-corrected chi connectivity index (χ0v) is 15.6. The highest BCUT2D eigenvalue weighted by Gasteiger charge is 2.10. The van der Waals surface area contributed by atoms with Crippen molar-refractivity contribution in [1.82, 2.24) is 0 Å². The first kappa shape index (κ1) is 19.7. The van der Waals surface area contributed by atoms with Gasteiger partial charge in [-0.3, -0.25) is 9.59 Å². The van der Waals surface area contributed by atoms with Crippen LogP contribution in [0.2, 0.25) is 0 Å². The van der Waals surface area contributed by atoms with Crippen molar-refractivity contribution in [2.45, 2.75) is 32.4 Å². The number of carbonyl (C=O) groups is 3. The lowest BCUT2D eigenvalue weighted by Gasteiger charge is -2.11. The number of hydrogen-bond donors (Lipinski definition) is 2. The van der Waals surface area contributed by atoms with Crippen LogP contribution in [-0.2, 0) is 21.8 Å². The Labute approximate surface area is 156 Å². The third-order valence-corrected chi connectivity index (χ3v) is 4.78. The molecular weight excluding hydrogens is 350 g/mol. The summed E-state index contributed by atoms with van der Waals surface area (Å²) >= 11 is 1.25. The lowest BCUT2D eigenvalue weighted by Crippen LogP contribution is -2.14. The van der Waals surface area contributed by atoms with Gasteiger partial charge in [0.1, 0.15) is 0 Å². The fraction of sp³-hybridized carbons (Fsp3) is 0.250. The molecule has 136 valence electrons. The Bertz CT molecular complexity index is 832. The van der Waals surface area contributed by atoms with Crippen molar-refractivity contribution in [2.24, 2.45) is 0 Å². The first-order valence-electron chi connectivity index (χ1n) is 8.20. The predicted molar refractivity (Wildman–Crippen MR) is 104 cm³/mol. The Morgan fingerprint density at radius 2 is 1.77 bits per heavy atom. The molecule has 6 heteroatoms. The number of aryl methyl sites for hydroxylation is 2. The molecule has 26 heavy (non-hydrogen) atoms. The number of amides is 1. The number of thioether (sulfide) groups is 1. The average molecular weight is 371 g/mol. The van der Waals surface area contributed by atoms with E-state index in [4.69, 9.17) is 5.11 Å². The summed E-state index contributed by atoms with van der Waals surface area (Å²) in [5.41, 5.74) is 3.62. The maximum Gasteiger partial charge on any atom is 0.335 e. The minimum Gasteiger partial charge on any atom is -0.478 e. The predicted octanol–water partition coefficient (Wildman–Crippen LogP) is 4.04. The van der Waals surface area contributed by atoms with Crippen LogP contribution in [0.5, 0.6) is 0 Å². The number of carbonyl (C=O) groups excluding carboxylic acids is 2. The van der Waals surface area contributed by atoms with Gasteiger partial charge < -0.3 is 10.4 Å². The summed E-state index contributed by atoms with van der Waals surface area (Å²) in [6, 6.07) is 12.4. The highest BCUT2D eigenvalue weighted by atomic mass is 32.2. The second-order valence-electron chi connectivity index (χ2n) is 5.93. The Kier molecular flexibility index (Phi) is 6.97. The van der Waals surface area contributed by atoms with Crippen LogP contribution >= 0.6 is 11.8 Å². The third kappa shape index (κ3) is 5.74. The standard InChI is InChI=1S/C20H21NO4S/c1-13-11-16(20(24)25)7-9-18(13)21-19(23)10-8-15-5-3-4-6-17(15)12-26-14(2)22/h3-7,9,11H,8,10,12H2,1-2H3,(H,21,23)(H,24,25). The normalized spacial score (nSPS) is 10.4. The van der Waals surface area contributed by atoms with Crippen LogP contribution in [0.4, 0.5) is 5.69 Å². The van der Waals surface area contributed by atoms with Gasteiger partial charge in [0.2, 0.25) is 5.91 Å². The van der Waals surface area contributed by atoms with Crippen LogP contribution in [-0.4, -0.2) is 22.1 Å². The summed E-state index contributed by atoms with van der Waals surface area (Å²) < 4.78 is 0. The zero-order chi connectivity index (χ0) is 19.1. The minimum atomic E-state index is -0.994. The molecule has 0 saturated carbocycles. The summed E-state index contributed by atoms with van der Waals surface area (Å²) in [5.74, 6) is -0.528. The van der Waals surface area contributed by atoms with E-state index >= 15 is 0 Å². The number of rotatable bonds is 7. The monoisotopic (exact) mass is 371 g/mol. The number of hydrogen-bond acceptors (Lipinski definition) is 4. The van der Waals surface area contributed by atoms with Gasteiger partial charge >= 0.3 is 5.97 Å². The molecule has 0 saturated heterocycles. The molecule has 0 radical (unpaired) electrons. The molecule has 5 nitrogen and oxygen atoms in total. The molecule has 2 N–H and O–H groups in total. The highest BCUT2D eigenvalue weighted by molar-refractivity contribution is 8.12. The van der Waals surface area contributed by atoms with Gasteiger partial charge in [-0.1, -0.05) is 36.0 Å². The van der Waals surface area contributed by atoms with E-state index in [0.717, 1.165) is 11.1 Å². The van der Waals surface area contributed by atoms with Gasteiger partial charge in [-0.2, -0.15) is 0 Å². The quantitative estimate of drug-likeness (QED) is 0.767. The number of anilines is 1. The number of nitrogens with one attached hydrogen (secondary N) is 1. The van der Waals surface area contributed by atoms with E-state index in [2.05, 4.69) is 5.32 Å². The molecular formula is C20H21NO4S. The molecule has 0 spiro atoms. The van der Waals surface area contributed by atoms with Crippen molar-refractivity contribution in [3.8, 4) is 0 Å². The molecule has 0 aromatic heterocycles. The second kappa shape index (κ2) is 9.20. The van der Waals surface area contributed by atoms with Crippen molar-refractivity contribution < 1.29 is 19.5 Å². The van der Waals surface area contributed by atoms with Gasteiger partial charge in [0.15, 0.2) is 5.12 Å². The van der Waals surface area contributed by atoms with Crippen molar-refractivity contribution in [3.05, 3.63) is 64.7 Å². The maximum atomic E-state index is 12.2. The van der Waals surface area contributed by atoms with Crippen LogP contribution in [0.1, 0.15) is 40.4 Å². The summed E-state index contributed by atoms with van der Waals surface area (Å²) in [6.07, 6.45) is 0.884. The van der Waals surface area contributed by atoms with Crippen molar-refractivity contribution in [2.75, 3.05) is 5.32 Å². The lowest BCUT2D eigenvalue weighted by molar-refractivity contribution is -0.116. The number of benzene rings is 2. The van der Waals surface area contributed by atoms with E-state index in [9.17, 15) is 14.4 Å². The molecule has 2 aromatic carbocycles. The van der Waals surface area contributed by atoms with Gasteiger partial charge in [0, 0.05) is 24.8 Å². The molecule has 0 bridgehead atoms. The minimum absolute atomic E-state index is 0.0674. The van der Waals surface area contributed by atoms with E-state index < -0.39 is 5.97 Å². The van der Waals surface area contributed by atoms with Crippen LogP contribution in [0.25, 0.3) is 0 Å². The molecule has 1 amide bonds. The molecule has 2 aromatic rings. The van der Waals surface area contributed by atoms with E-state index in [1.54, 1.807) is 19.9 Å². The molecule has 0 aliphatic carbocycles. The number of aromatic carboxylic acids is 1. The fourth-order valence-electron chi connectivity index (χ4n) is 2.52. The summed E-state index contributed by atoms with van der Waals surface area (Å²) in [6.45, 7) is 3.30. The Hall–Kier alpha value is -2.60. The van der Waals surface area contributed by atoms with E-state index in [-0.39, 0.29) is 16.6 Å². The Morgan fingerprint density at radius 1 is 1.08 bits per heavy atom. The Morgan fingerprint density at radius 3 is 2.38 bits per heavy atom. The van der Waals surface area contributed by atoms with E-state index in [1.807, 2.05) is 24.3 Å².